The van der Waals surface area contributed by atoms with Crippen molar-refractivity contribution >= 4 is 12.3 Å². The number of benzene rings is 1. The van der Waals surface area contributed by atoms with Crippen LogP contribution in [0.25, 0.3) is 0 Å². The average Bonchev–Trinajstić information content (AvgIpc) is 2.37. The number of rotatable bonds is 4. The number of ether oxygens (including phenoxy) is 1. The highest BCUT2D eigenvalue weighted by molar-refractivity contribution is 5.90. The van der Waals surface area contributed by atoms with Crippen LogP contribution in [0.15, 0.2) is 24.3 Å². The van der Waals surface area contributed by atoms with Gasteiger partial charge >= 0.3 is 18.1 Å². The zero-order chi connectivity index (χ0) is 15.6. The Balaban J connectivity index is 2.82. The van der Waals surface area contributed by atoms with Crippen molar-refractivity contribution in [1.29, 1.82) is 0 Å². The molecule has 0 radical (unpaired) electrons. The summed E-state index contributed by atoms with van der Waals surface area (Å²) in [4.78, 5) is 21.8. The molecule has 1 aromatic rings. The van der Waals surface area contributed by atoms with E-state index in [1.807, 2.05) is 0 Å². The van der Waals surface area contributed by atoms with Gasteiger partial charge in [-0.1, -0.05) is 12.1 Å². The Hall–Kier alpha value is -1.99. The van der Waals surface area contributed by atoms with Crippen molar-refractivity contribution in [3.8, 4) is 0 Å². The van der Waals surface area contributed by atoms with Crippen molar-refractivity contribution in [3.63, 3.8) is 0 Å². The molecule has 0 saturated carbocycles. The Labute approximate surface area is 110 Å². The molecular formula is C12H9F5O3. The summed E-state index contributed by atoms with van der Waals surface area (Å²) in [5, 5.41) is 0. The summed E-state index contributed by atoms with van der Waals surface area (Å²) in [6.45, 7) is 0.450. The molecule has 1 aromatic carbocycles. The predicted molar refractivity (Wildman–Crippen MR) is 57.7 cm³/mol. The molecule has 0 aliphatic rings. The van der Waals surface area contributed by atoms with Gasteiger partial charge in [-0.05, 0) is 19.1 Å². The van der Waals surface area contributed by atoms with Crippen LogP contribution in [0.3, 0.4) is 0 Å². The highest BCUT2D eigenvalue weighted by atomic mass is 19.4. The van der Waals surface area contributed by atoms with Crippen molar-refractivity contribution in [3.05, 3.63) is 35.4 Å². The molecule has 0 aromatic heterocycles. The van der Waals surface area contributed by atoms with E-state index in [0.717, 1.165) is 12.1 Å². The molecule has 0 saturated heterocycles. The molecule has 0 bridgehead atoms. The normalized spacial score (nSPS) is 13.7. The lowest BCUT2D eigenvalue weighted by Crippen LogP contribution is -2.47. The molecule has 1 atom stereocenters. The summed E-state index contributed by atoms with van der Waals surface area (Å²) in [5.74, 6) is -6.48. The van der Waals surface area contributed by atoms with Gasteiger partial charge in [0.15, 0.2) is 6.10 Å². The number of halogens is 5. The SMILES string of the molecule is C[C@@H](OC(=O)c1ccc(C=O)cc1)C(F)(F)C(F)(F)F. The van der Waals surface area contributed by atoms with Gasteiger partial charge in [0.05, 0.1) is 5.56 Å². The summed E-state index contributed by atoms with van der Waals surface area (Å²) < 4.78 is 66.0. The third-order valence-corrected chi connectivity index (χ3v) is 2.45. The first-order chi connectivity index (χ1) is 9.09. The number of esters is 1. The number of carbonyl (C=O) groups excluding carboxylic acids is 2. The largest absolute Gasteiger partial charge is 0.457 e. The van der Waals surface area contributed by atoms with Gasteiger partial charge in [-0.3, -0.25) is 4.79 Å². The van der Waals surface area contributed by atoms with E-state index in [1.165, 1.54) is 12.1 Å². The molecule has 0 unspecified atom stereocenters. The fourth-order valence-corrected chi connectivity index (χ4v) is 1.23. The Bertz CT molecular complexity index is 493. The number of alkyl halides is 5. The maximum absolute atomic E-state index is 12.9. The van der Waals surface area contributed by atoms with E-state index in [0.29, 0.717) is 13.2 Å². The van der Waals surface area contributed by atoms with Gasteiger partial charge in [-0.15, -0.1) is 0 Å². The molecule has 0 heterocycles. The van der Waals surface area contributed by atoms with Crippen LogP contribution in [0, 0.1) is 0 Å². The molecule has 0 spiro atoms. The number of carbonyl (C=O) groups is 2. The standard InChI is InChI=1S/C12H9F5O3/c1-7(11(13,14)12(15,16)17)20-10(19)9-4-2-8(6-18)3-5-9/h2-7H,1H3/t7-/m1/s1. The predicted octanol–water partition coefficient (Wildman–Crippen LogP) is 3.24. The lowest BCUT2D eigenvalue weighted by molar-refractivity contribution is -0.309. The van der Waals surface area contributed by atoms with Crippen LogP contribution >= 0.6 is 0 Å². The van der Waals surface area contributed by atoms with Gasteiger partial charge in [0.1, 0.15) is 6.29 Å². The first-order valence-electron chi connectivity index (χ1n) is 5.30. The molecule has 0 N–H and O–H groups in total. The Kier molecular flexibility index (Phi) is 4.46. The molecule has 1 rings (SSSR count). The molecular weight excluding hydrogens is 287 g/mol. The van der Waals surface area contributed by atoms with Crippen molar-refractivity contribution < 1.29 is 36.3 Å². The molecule has 0 aliphatic heterocycles. The van der Waals surface area contributed by atoms with Crippen LogP contribution < -0.4 is 0 Å². The van der Waals surface area contributed by atoms with E-state index >= 15 is 0 Å². The summed E-state index contributed by atoms with van der Waals surface area (Å²) >= 11 is 0. The molecule has 0 amide bonds. The quantitative estimate of drug-likeness (QED) is 0.486. The minimum atomic E-state index is -5.81. The van der Waals surface area contributed by atoms with E-state index in [2.05, 4.69) is 4.74 Å². The van der Waals surface area contributed by atoms with E-state index in [4.69, 9.17) is 0 Å². The smallest absolute Gasteiger partial charge is 0.452 e. The van der Waals surface area contributed by atoms with Gasteiger partial charge in [-0.2, -0.15) is 22.0 Å². The Morgan fingerprint density at radius 3 is 2.05 bits per heavy atom. The summed E-state index contributed by atoms with van der Waals surface area (Å²) in [5.41, 5.74) is -0.0179. The van der Waals surface area contributed by atoms with Gasteiger partial charge in [0.25, 0.3) is 0 Å². The fraction of sp³-hybridized carbons (Fsp3) is 0.333. The lowest BCUT2D eigenvalue weighted by atomic mass is 10.1. The molecule has 20 heavy (non-hydrogen) atoms. The topological polar surface area (TPSA) is 43.4 Å². The third-order valence-electron chi connectivity index (χ3n) is 2.45. The van der Waals surface area contributed by atoms with Crippen LogP contribution in [0.5, 0.6) is 0 Å². The van der Waals surface area contributed by atoms with Crippen molar-refractivity contribution in [2.75, 3.05) is 0 Å². The van der Waals surface area contributed by atoms with Crippen LogP contribution in [0.1, 0.15) is 27.6 Å². The lowest BCUT2D eigenvalue weighted by Gasteiger charge is -2.25. The van der Waals surface area contributed by atoms with Crippen molar-refractivity contribution in [1.82, 2.24) is 0 Å². The Morgan fingerprint density at radius 1 is 1.15 bits per heavy atom. The van der Waals surface area contributed by atoms with Crippen LogP contribution in [-0.4, -0.2) is 30.5 Å². The first-order valence-corrected chi connectivity index (χ1v) is 5.30. The average molecular weight is 296 g/mol. The van der Waals surface area contributed by atoms with Crippen molar-refractivity contribution in [2.24, 2.45) is 0 Å². The summed E-state index contributed by atoms with van der Waals surface area (Å²) in [7, 11) is 0. The minimum absolute atomic E-state index is 0.218. The monoisotopic (exact) mass is 296 g/mol. The van der Waals surface area contributed by atoms with Crippen molar-refractivity contribution in [2.45, 2.75) is 25.1 Å². The summed E-state index contributed by atoms with van der Waals surface area (Å²) in [6.07, 6.45) is -8.00. The highest BCUT2D eigenvalue weighted by Crippen LogP contribution is 2.39. The number of hydrogen-bond donors (Lipinski definition) is 0. The molecule has 110 valence electrons. The fourth-order valence-electron chi connectivity index (χ4n) is 1.23. The molecule has 8 heteroatoms. The third kappa shape index (κ3) is 3.31. The van der Waals surface area contributed by atoms with Crippen LogP contribution in [-0.2, 0) is 4.74 Å². The number of aldehydes is 1. The van der Waals surface area contributed by atoms with E-state index in [-0.39, 0.29) is 11.1 Å². The van der Waals surface area contributed by atoms with Crippen LogP contribution in [0.4, 0.5) is 22.0 Å². The van der Waals surface area contributed by atoms with Gasteiger partial charge in [-0.25, -0.2) is 4.79 Å². The summed E-state index contributed by atoms with van der Waals surface area (Å²) in [6, 6.07) is 4.58. The number of hydrogen-bond acceptors (Lipinski definition) is 3. The minimum Gasteiger partial charge on any atom is -0.452 e. The Morgan fingerprint density at radius 2 is 1.65 bits per heavy atom. The van der Waals surface area contributed by atoms with Gasteiger partial charge in [0.2, 0.25) is 0 Å². The maximum atomic E-state index is 12.9. The van der Waals surface area contributed by atoms with Crippen LogP contribution in [0.2, 0.25) is 0 Å². The highest BCUT2D eigenvalue weighted by Gasteiger charge is 2.62. The second-order valence-corrected chi connectivity index (χ2v) is 3.91. The second kappa shape index (κ2) is 5.56. The van der Waals surface area contributed by atoms with E-state index < -0.39 is 24.2 Å². The van der Waals surface area contributed by atoms with Gasteiger partial charge in [0, 0.05) is 5.56 Å². The zero-order valence-corrected chi connectivity index (χ0v) is 10.1. The van der Waals surface area contributed by atoms with Gasteiger partial charge < -0.3 is 4.74 Å². The molecule has 0 aliphatic carbocycles. The zero-order valence-electron chi connectivity index (χ0n) is 10.1. The van der Waals surface area contributed by atoms with E-state index in [9.17, 15) is 31.5 Å². The maximum Gasteiger partial charge on any atom is 0.457 e. The second-order valence-electron chi connectivity index (χ2n) is 3.91. The molecule has 3 nitrogen and oxygen atoms in total. The molecule has 0 fully saturated rings. The first kappa shape index (κ1) is 16.1. The van der Waals surface area contributed by atoms with E-state index in [1.54, 1.807) is 0 Å².